The first-order valence-corrected chi connectivity index (χ1v) is 14.5. The normalized spacial score (nSPS) is 11.5. The predicted octanol–water partition coefficient (Wildman–Crippen LogP) is 10.9. The summed E-state index contributed by atoms with van der Waals surface area (Å²) in [5, 5.41) is 7.19. The summed E-state index contributed by atoms with van der Waals surface area (Å²) in [5.41, 5.74) is 8.36. The molecule has 0 N–H and O–H groups in total. The molecule has 0 aliphatic rings. The molecule has 0 atom stereocenters. The number of halogens is 1. The Balaban J connectivity index is 1.35. The van der Waals surface area contributed by atoms with Crippen LogP contribution in [0.5, 0.6) is 0 Å². The first kappa shape index (κ1) is 24.0. The lowest BCUT2D eigenvalue weighted by Crippen LogP contribution is -1.92. The molecule has 8 rings (SSSR count). The number of pyridine rings is 2. The molecule has 192 valence electrons. The van der Waals surface area contributed by atoms with Gasteiger partial charge in [0.15, 0.2) is 0 Å². The largest absolute Gasteiger partial charge is 0.248 e. The number of aromatic nitrogens is 2. The van der Waals surface area contributed by atoms with Crippen LogP contribution in [0.4, 0.5) is 0 Å². The zero-order chi connectivity index (χ0) is 27.3. The fraction of sp³-hybridized carbons (Fsp3) is 0. The van der Waals surface area contributed by atoms with E-state index in [4.69, 9.17) is 9.97 Å². The van der Waals surface area contributed by atoms with Gasteiger partial charge in [-0.25, -0.2) is 9.97 Å². The summed E-state index contributed by atoms with van der Waals surface area (Å²) in [7, 11) is 0. The molecule has 8 aromatic rings. The number of hydrogen-bond acceptors (Lipinski definition) is 2. The van der Waals surface area contributed by atoms with Gasteiger partial charge in [0.25, 0.3) is 0 Å². The predicted molar refractivity (Wildman–Crippen MR) is 176 cm³/mol. The van der Waals surface area contributed by atoms with Gasteiger partial charge in [-0.2, -0.15) is 0 Å². The van der Waals surface area contributed by atoms with Gasteiger partial charge in [-0.1, -0.05) is 119 Å². The standard InChI is InChI=1S/C38H23BrN2/c39-30-21-28(20-29(22-30)35-19-16-25-9-5-7-13-34(25)40-35)27-15-17-32-36(23-27)41-38(26-10-2-1-3-11-26)33-18-14-24-8-4-6-12-31(24)37(32)33/h1-23H. The Bertz CT molecular complexity index is 2270. The van der Waals surface area contributed by atoms with Crippen LogP contribution in [0.2, 0.25) is 0 Å². The van der Waals surface area contributed by atoms with Crippen molar-refractivity contribution in [3.63, 3.8) is 0 Å². The summed E-state index contributed by atoms with van der Waals surface area (Å²) >= 11 is 3.77. The van der Waals surface area contributed by atoms with Crippen molar-refractivity contribution in [2.45, 2.75) is 0 Å². The number of benzene rings is 6. The van der Waals surface area contributed by atoms with Gasteiger partial charge < -0.3 is 0 Å². The van der Waals surface area contributed by atoms with Gasteiger partial charge in [-0.3, -0.25) is 0 Å². The monoisotopic (exact) mass is 586 g/mol. The molecule has 2 aromatic heterocycles. The molecule has 0 aliphatic carbocycles. The number of hydrogen-bond donors (Lipinski definition) is 0. The Morgan fingerprint density at radius 3 is 2.05 bits per heavy atom. The first-order chi connectivity index (χ1) is 20.2. The van der Waals surface area contributed by atoms with E-state index in [0.29, 0.717) is 0 Å². The van der Waals surface area contributed by atoms with E-state index in [1.165, 1.54) is 21.5 Å². The Morgan fingerprint density at radius 2 is 1.15 bits per heavy atom. The number of para-hydroxylation sites is 1. The Kier molecular flexibility index (Phi) is 5.65. The second-order valence-electron chi connectivity index (χ2n) is 10.4. The highest BCUT2D eigenvalue weighted by Crippen LogP contribution is 2.39. The van der Waals surface area contributed by atoms with Crippen LogP contribution in [-0.4, -0.2) is 9.97 Å². The highest BCUT2D eigenvalue weighted by molar-refractivity contribution is 9.10. The average Bonchev–Trinajstić information content (AvgIpc) is 3.03. The summed E-state index contributed by atoms with van der Waals surface area (Å²) in [4.78, 5) is 10.2. The Morgan fingerprint density at radius 1 is 0.415 bits per heavy atom. The Hall–Kier alpha value is -4.86. The lowest BCUT2D eigenvalue weighted by atomic mass is 9.93. The molecule has 0 radical (unpaired) electrons. The van der Waals surface area contributed by atoms with Gasteiger partial charge in [0.2, 0.25) is 0 Å². The van der Waals surface area contributed by atoms with Crippen LogP contribution in [0.1, 0.15) is 0 Å². The van der Waals surface area contributed by atoms with Crippen molar-refractivity contribution >= 4 is 59.3 Å². The maximum absolute atomic E-state index is 5.28. The van der Waals surface area contributed by atoms with Crippen molar-refractivity contribution in [3.8, 4) is 33.6 Å². The summed E-state index contributed by atoms with van der Waals surface area (Å²) in [6.45, 7) is 0. The van der Waals surface area contributed by atoms with Crippen molar-refractivity contribution < 1.29 is 0 Å². The fourth-order valence-corrected chi connectivity index (χ4v) is 6.40. The second kappa shape index (κ2) is 9.65. The fourth-order valence-electron chi connectivity index (χ4n) is 5.90. The third-order valence-corrected chi connectivity index (χ3v) is 8.31. The molecule has 41 heavy (non-hydrogen) atoms. The van der Waals surface area contributed by atoms with Crippen molar-refractivity contribution in [1.82, 2.24) is 9.97 Å². The van der Waals surface area contributed by atoms with E-state index >= 15 is 0 Å². The molecule has 0 unspecified atom stereocenters. The van der Waals surface area contributed by atoms with Crippen LogP contribution in [-0.2, 0) is 0 Å². The Labute approximate surface area is 246 Å². The highest BCUT2D eigenvalue weighted by Gasteiger charge is 2.14. The first-order valence-electron chi connectivity index (χ1n) is 13.7. The quantitative estimate of drug-likeness (QED) is 0.192. The molecule has 0 aliphatic heterocycles. The van der Waals surface area contributed by atoms with Crippen molar-refractivity contribution in [1.29, 1.82) is 0 Å². The summed E-state index contributed by atoms with van der Waals surface area (Å²) < 4.78 is 1.02. The van der Waals surface area contributed by atoms with Crippen molar-refractivity contribution in [2.24, 2.45) is 0 Å². The van der Waals surface area contributed by atoms with Gasteiger partial charge >= 0.3 is 0 Å². The van der Waals surface area contributed by atoms with Crippen LogP contribution in [0, 0.1) is 0 Å². The lowest BCUT2D eigenvalue weighted by Gasteiger charge is -2.14. The van der Waals surface area contributed by atoms with Crippen LogP contribution < -0.4 is 0 Å². The lowest BCUT2D eigenvalue weighted by molar-refractivity contribution is 1.39. The summed E-state index contributed by atoms with van der Waals surface area (Å²) in [5.74, 6) is 0. The smallest absolute Gasteiger partial charge is 0.0788 e. The minimum Gasteiger partial charge on any atom is -0.248 e. The van der Waals surface area contributed by atoms with Crippen LogP contribution >= 0.6 is 15.9 Å². The average molecular weight is 588 g/mol. The second-order valence-corrected chi connectivity index (χ2v) is 11.3. The summed E-state index contributed by atoms with van der Waals surface area (Å²) in [6, 6.07) is 49.2. The molecule has 0 spiro atoms. The molecule has 6 aromatic carbocycles. The molecule has 0 saturated heterocycles. The zero-order valence-electron chi connectivity index (χ0n) is 22.1. The van der Waals surface area contributed by atoms with Gasteiger partial charge in [-0.15, -0.1) is 0 Å². The van der Waals surface area contributed by atoms with Gasteiger partial charge in [0.1, 0.15) is 0 Å². The SMILES string of the molecule is Brc1cc(-c2ccc3c(c2)nc(-c2ccccc2)c2ccc4ccccc4c23)cc(-c2ccc3ccccc3n2)c1. The minimum absolute atomic E-state index is 0.953. The van der Waals surface area contributed by atoms with Crippen LogP contribution in [0.25, 0.3) is 77.0 Å². The van der Waals surface area contributed by atoms with E-state index in [-0.39, 0.29) is 0 Å². The van der Waals surface area contributed by atoms with Crippen LogP contribution in [0.3, 0.4) is 0 Å². The highest BCUT2D eigenvalue weighted by atomic mass is 79.9. The summed E-state index contributed by atoms with van der Waals surface area (Å²) in [6.07, 6.45) is 0. The molecule has 3 heteroatoms. The van der Waals surface area contributed by atoms with Crippen LogP contribution in [0.15, 0.2) is 144 Å². The maximum Gasteiger partial charge on any atom is 0.0788 e. The molecule has 0 saturated carbocycles. The molecule has 0 fully saturated rings. The van der Waals surface area contributed by atoms with E-state index in [9.17, 15) is 0 Å². The molecular weight excluding hydrogens is 564 g/mol. The number of nitrogens with zero attached hydrogens (tertiary/aromatic N) is 2. The van der Waals surface area contributed by atoms with Gasteiger partial charge in [-0.05, 0) is 58.3 Å². The number of rotatable bonds is 3. The van der Waals surface area contributed by atoms with Crippen molar-refractivity contribution in [2.75, 3.05) is 0 Å². The van der Waals surface area contributed by atoms with Crippen molar-refractivity contribution in [3.05, 3.63) is 144 Å². The number of fused-ring (bicyclic) bond motifs is 6. The third-order valence-electron chi connectivity index (χ3n) is 7.86. The maximum atomic E-state index is 5.28. The molecule has 0 amide bonds. The van der Waals surface area contributed by atoms with Gasteiger partial charge in [0, 0.05) is 37.1 Å². The van der Waals surface area contributed by atoms with Gasteiger partial charge in [0.05, 0.1) is 22.4 Å². The van der Waals surface area contributed by atoms with E-state index in [1.807, 2.05) is 12.1 Å². The molecule has 2 heterocycles. The molecular formula is C38H23BrN2. The topological polar surface area (TPSA) is 25.8 Å². The molecule has 2 nitrogen and oxygen atoms in total. The zero-order valence-corrected chi connectivity index (χ0v) is 23.6. The molecule has 0 bridgehead atoms. The van der Waals surface area contributed by atoms with E-state index < -0.39 is 0 Å². The third kappa shape index (κ3) is 4.18. The van der Waals surface area contributed by atoms with E-state index in [0.717, 1.165) is 59.9 Å². The van der Waals surface area contributed by atoms with E-state index in [2.05, 4.69) is 143 Å². The van der Waals surface area contributed by atoms with E-state index in [1.54, 1.807) is 0 Å². The minimum atomic E-state index is 0.953.